The Morgan fingerprint density at radius 3 is 2.37 bits per heavy atom. The zero-order valence-corrected chi connectivity index (χ0v) is 21.4. The van der Waals surface area contributed by atoms with Crippen LogP contribution in [0.1, 0.15) is 76.5 Å². The number of likely N-dealkylation sites (tertiary alicyclic amines) is 1. The fourth-order valence-corrected chi connectivity index (χ4v) is 5.40. The molecule has 35 heavy (non-hydrogen) atoms. The number of carbonyl (C=O) groups excluding carboxylic acids is 2. The number of ether oxygens (including phenoxy) is 1. The van der Waals surface area contributed by atoms with Crippen LogP contribution >= 0.6 is 0 Å². The van der Waals surface area contributed by atoms with Gasteiger partial charge in [0.2, 0.25) is 5.91 Å². The number of benzene rings is 2. The summed E-state index contributed by atoms with van der Waals surface area (Å²) in [5.74, 6) is 0.0277. The molecule has 0 aromatic heterocycles. The predicted molar refractivity (Wildman–Crippen MR) is 140 cm³/mol. The van der Waals surface area contributed by atoms with E-state index in [-0.39, 0.29) is 18.0 Å². The van der Waals surface area contributed by atoms with Gasteiger partial charge in [-0.2, -0.15) is 0 Å². The Labute approximate surface area is 209 Å². The molecule has 2 amide bonds. The van der Waals surface area contributed by atoms with Crippen LogP contribution in [0.15, 0.2) is 42.5 Å². The molecule has 0 bridgehead atoms. The van der Waals surface area contributed by atoms with Crippen molar-refractivity contribution in [2.24, 2.45) is 0 Å². The third-order valence-corrected chi connectivity index (χ3v) is 7.22. The predicted octanol–water partition coefficient (Wildman–Crippen LogP) is 6.05. The summed E-state index contributed by atoms with van der Waals surface area (Å²) < 4.78 is 5.31. The number of anilines is 1. The van der Waals surface area contributed by atoms with Gasteiger partial charge in [0.25, 0.3) is 0 Å². The highest BCUT2D eigenvalue weighted by atomic mass is 16.5. The molecule has 188 valence electrons. The van der Waals surface area contributed by atoms with E-state index >= 15 is 0 Å². The van der Waals surface area contributed by atoms with Crippen LogP contribution in [-0.4, -0.2) is 42.6 Å². The highest BCUT2D eigenvalue weighted by molar-refractivity contribution is 5.94. The number of piperidine rings is 1. The molecule has 1 fully saturated rings. The molecule has 4 rings (SSSR count). The molecule has 2 aliphatic heterocycles. The van der Waals surface area contributed by atoms with E-state index in [1.54, 1.807) is 6.92 Å². The lowest BCUT2D eigenvalue weighted by molar-refractivity contribution is -0.117. The smallest absolute Gasteiger partial charge is 0.407 e. The topological polar surface area (TPSA) is 61.9 Å². The first-order valence-electron chi connectivity index (χ1n) is 13.2. The summed E-state index contributed by atoms with van der Waals surface area (Å²) in [6, 6.07) is 14.9. The maximum Gasteiger partial charge on any atom is 0.407 e. The Kier molecular flexibility index (Phi) is 8.45. The third kappa shape index (κ3) is 6.04. The van der Waals surface area contributed by atoms with Crippen molar-refractivity contribution in [3.05, 3.63) is 53.6 Å². The molecule has 2 aromatic rings. The van der Waals surface area contributed by atoms with E-state index in [4.69, 9.17) is 4.74 Å². The van der Waals surface area contributed by atoms with E-state index in [1.807, 2.05) is 17.9 Å². The van der Waals surface area contributed by atoms with E-state index < -0.39 is 6.09 Å². The molecule has 6 nitrogen and oxygen atoms in total. The van der Waals surface area contributed by atoms with Crippen molar-refractivity contribution in [2.45, 2.75) is 77.9 Å². The van der Waals surface area contributed by atoms with Crippen LogP contribution < -0.4 is 10.2 Å². The summed E-state index contributed by atoms with van der Waals surface area (Å²) in [5.41, 5.74) is 5.39. The zero-order chi connectivity index (χ0) is 24.8. The second kappa shape index (κ2) is 11.7. The summed E-state index contributed by atoms with van der Waals surface area (Å²) in [6.07, 6.45) is 5.81. The first-order valence-corrected chi connectivity index (χ1v) is 13.2. The van der Waals surface area contributed by atoms with Gasteiger partial charge in [-0.3, -0.25) is 9.69 Å². The summed E-state index contributed by atoms with van der Waals surface area (Å²) in [5, 5.41) is 3.06. The zero-order valence-electron chi connectivity index (χ0n) is 21.4. The summed E-state index contributed by atoms with van der Waals surface area (Å²) in [7, 11) is 0. The van der Waals surface area contributed by atoms with Crippen molar-refractivity contribution in [2.75, 3.05) is 24.6 Å². The van der Waals surface area contributed by atoms with Crippen molar-refractivity contribution in [1.82, 2.24) is 10.2 Å². The van der Waals surface area contributed by atoms with Crippen LogP contribution in [0.5, 0.6) is 0 Å². The van der Waals surface area contributed by atoms with Crippen LogP contribution in [0.4, 0.5) is 10.5 Å². The van der Waals surface area contributed by atoms with Gasteiger partial charge in [-0.05, 0) is 79.6 Å². The largest absolute Gasteiger partial charge is 0.450 e. The Bertz CT molecular complexity index is 1010. The van der Waals surface area contributed by atoms with Gasteiger partial charge in [-0.15, -0.1) is 0 Å². The monoisotopic (exact) mass is 477 g/mol. The second-order valence-corrected chi connectivity index (χ2v) is 9.83. The fourth-order valence-electron chi connectivity index (χ4n) is 5.40. The van der Waals surface area contributed by atoms with Crippen LogP contribution in [-0.2, 0) is 16.1 Å². The van der Waals surface area contributed by atoms with Crippen molar-refractivity contribution in [1.29, 1.82) is 0 Å². The van der Waals surface area contributed by atoms with E-state index in [0.29, 0.717) is 13.0 Å². The standard InChI is InChI=1S/C29H39N3O3/c1-4-17-35-29(34)30-27-19-25(5-2)32(21(3)33)28-14-13-24(18-26(27)28)23-11-9-22(10-12-23)20-31-15-7-6-8-16-31/h9-14,18,25,27H,4-8,15-17,19-20H2,1-3H3,(H,30,34)/t25-,27+/m0/s1. The van der Waals surface area contributed by atoms with Crippen molar-refractivity contribution >= 4 is 17.7 Å². The SMILES string of the molecule is CCCOC(=O)N[C@@H]1C[C@H](CC)N(C(C)=O)c2ccc(-c3ccc(CN4CCCCC4)cc3)cc21. The maximum atomic E-state index is 12.6. The maximum absolute atomic E-state index is 12.6. The lowest BCUT2D eigenvalue weighted by Gasteiger charge is -2.40. The van der Waals surface area contributed by atoms with Gasteiger partial charge >= 0.3 is 6.09 Å². The molecule has 0 unspecified atom stereocenters. The summed E-state index contributed by atoms with van der Waals surface area (Å²) in [4.78, 5) is 29.4. The summed E-state index contributed by atoms with van der Waals surface area (Å²) in [6.45, 7) is 9.45. The normalized spacial score (nSPS) is 20.3. The van der Waals surface area contributed by atoms with Gasteiger partial charge in [0, 0.05) is 25.2 Å². The van der Waals surface area contributed by atoms with Gasteiger partial charge in [0.1, 0.15) is 0 Å². The fraction of sp³-hybridized carbons (Fsp3) is 0.517. The molecule has 0 radical (unpaired) electrons. The Morgan fingerprint density at radius 2 is 1.71 bits per heavy atom. The Balaban J connectivity index is 1.60. The van der Waals surface area contributed by atoms with Gasteiger partial charge in [0.15, 0.2) is 0 Å². The van der Waals surface area contributed by atoms with Crippen LogP contribution in [0, 0.1) is 0 Å². The second-order valence-electron chi connectivity index (χ2n) is 9.83. The molecule has 1 N–H and O–H groups in total. The molecular weight excluding hydrogens is 438 g/mol. The molecule has 6 heteroatoms. The number of hydrogen-bond donors (Lipinski definition) is 1. The number of rotatable bonds is 7. The molecule has 2 heterocycles. The van der Waals surface area contributed by atoms with Crippen LogP contribution in [0.2, 0.25) is 0 Å². The van der Waals surface area contributed by atoms with Gasteiger partial charge in [-0.1, -0.05) is 50.6 Å². The van der Waals surface area contributed by atoms with Crippen molar-refractivity contribution < 1.29 is 14.3 Å². The van der Waals surface area contributed by atoms with Crippen LogP contribution in [0.3, 0.4) is 0 Å². The van der Waals surface area contributed by atoms with Gasteiger partial charge < -0.3 is 15.0 Å². The van der Waals surface area contributed by atoms with Crippen molar-refractivity contribution in [3.8, 4) is 11.1 Å². The molecule has 2 aliphatic rings. The molecule has 0 saturated carbocycles. The lowest BCUT2D eigenvalue weighted by Crippen LogP contribution is -2.46. The molecule has 1 saturated heterocycles. The molecular formula is C29H39N3O3. The highest BCUT2D eigenvalue weighted by Crippen LogP contribution is 2.40. The minimum absolute atomic E-state index is 0.0277. The molecule has 2 atom stereocenters. The highest BCUT2D eigenvalue weighted by Gasteiger charge is 2.35. The number of nitrogens with zero attached hydrogens (tertiary/aromatic N) is 2. The van der Waals surface area contributed by atoms with E-state index in [2.05, 4.69) is 53.5 Å². The van der Waals surface area contributed by atoms with E-state index in [9.17, 15) is 9.59 Å². The number of alkyl carbamates (subject to hydrolysis) is 1. The number of hydrogen-bond acceptors (Lipinski definition) is 4. The van der Waals surface area contributed by atoms with E-state index in [1.165, 1.54) is 37.9 Å². The Morgan fingerprint density at radius 1 is 1.00 bits per heavy atom. The van der Waals surface area contributed by atoms with Crippen LogP contribution in [0.25, 0.3) is 11.1 Å². The first kappa shape index (κ1) is 25.2. The molecule has 2 aromatic carbocycles. The van der Waals surface area contributed by atoms with Gasteiger partial charge in [-0.25, -0.2) is 4.79 Å². The summed E-state index contributed by atoms with van der Waals surface area (Å²) >= 11 is 0. The van der Waals surface area contributed by atoms with E-state index in [0.717, 1.165) is 41.8 Å². The van der Waals surface area contributed by atoms with Gasteiger partial charge in [0.05, 0.1) is 12.6 Å². The number of nitrogens with one attached hydrogen (secondary N) is 1. The number of fused-ring (bicyclic) bond motifs is 1. The molecule has 0 aliphatic carbocycles. The average Bonchev–Trinajstić information content (AvgIpc) is 2.87. The quantitative estimate of drug-likeness (QED) is 0.527. The number of amides is 2. The lowest BCUT2D eigenvalue weighted by atomic mass is 9.87. The first-order chi connectivity index (χ1) is 17.0. The molecule has 0 spiro atoms. The number of carbonyl (C=O) groups is 2. The minimum Gasteiger partial charge on any atom is -0.450 e. The Hall–Kier alpha value is -2.86. The average molecular weight is 478 g/mol. The minimum atomic E-state index is -0.401. The third-order valence-electron chi connectivity index (χ3n) is 7.22. The van der Waals surface area contributed by atoms with Crippen molar-refractivity contribution in [3.63, 3.8) is 0 Å².